The van der Waals surface area contributed by atoms with Gasteiger partial charge in [0.05, 0.1) is 23.9 Å². The van der Waals surface area contributed by atoms with Gasteiger partial charge in [-0.25, -0.2) is 4.39 Å². The van der Waals surface area contributed by atoms with Gasteiger partial charge in [0.15, 0.2) is 0 Å². The predicted molar refractivity (Wildman–Crippen MR) is 73.1 cm³/mol. The minimum atomic E-state index is -0.554. The van der Waals surface area contributed by atoms with Gasteiger partial charge in [0.25, 0.3) is 5.91 Å². The summed E-state index contributed by atoms with van der Waals surface area (Å²) < 4.78 is 19.7. The Hall–Kier alpha value is -1.46. The zero-order chi connectivity index (χ0) is 14.9. The van der Waals surface area contributed by atoms with Gasteiger partial charge in [-0.05, 0) is 32.4 Å². The Morgan fingerprint density at radius 3 is 2.90 bits per heavy atom. The molecule has 110 valence electrons. The van der Waals surface area contributed by atoms with Gasteiger partial charge in [-0.1, -0.05) is 12.1 Å². The standard InChI is InChI=1S/C15H20FNO3/c1-10-5-4-6-12(13(10)16)14(19)17-7-11(8-18)20-15(2,3)9-17/h4-6,11,18H,7-9H2,1-3H3. The van der Waals surface area contributed by atoms with Crippen molar-refractivity contribution in [3.63, 3.8) is 0 Å². The van der Waals surface area contributed by atoms with Crippen molar-refractivity contribution in [2.75, 3.05) is 19.7 Å². The number of aliphatic hydroxyl groups excluding tert-OH is 1. The zero-order valence-corrected chi connectivity index (χ0v) is 12.0. The first-order chi connectivity index (χ1) is 9.34. The van der Waals surface area contributed by atoms with Crippen LogP contribution in [-0.2, 0) is 4.74 Å². The van der Waals surface area contributed by atoms with Crippen LogP contribution in [0.1, 0.15) is 29.8 Å². The number of aryl methyl sites for hydroxylation is 1. The van der Waals surface area contributed by atoms with E-state index in [1.807, 2.05) is 13.8 Å². The normalized spacial score (nSPS) is 21.9. The quantitative estimate of drug-likeness (QED) is 0.898. The molecule has 1 aliphatic rings. The average molecular weight is 281 g/mol. The maximum absolute atomic E-state index is 14.1. The molecule has 1 N–H and O–H groups in total. The summed E-state index contributed by atoms with van der Waals surface area (Å²) in [6, 6.07) is 4.79. The molecule has 5 heteroatoms. The minimum absolute atomic E-state index is 0.0689. The van der Waals surface area contributed by atoms with Crippen LogP contribution in [0.4, 0.5) is 4.39 Å². The Bertz CT molecular complexity index is 516. The van der Waals surface area contributed by atoms with Crippen molar-refractivity contribution in [1.82, 2.24) is 4.90 Å². The SMILES string of the molecule is Cc1cccc(C(=O)N2CC(CO)OC(C)(C)C2)c1F. The van der Waals surface area contributed by atoms with E-state index in [0.29, 0.717) is 12.1 Å². The molecule has 0 saturated carbocycles. The lowest BCUT2D eigenvalue weighted by Gasteiger charge is -2.42. The van der Waals surface area contributed by atoms with E-state index in [0.717, 1.165) is 0 Å². The van der Waals surface area contributed by atoms with Crippen LogP contribution in [0.15, 0.2) is 18.2 Å². The maximum atomic E-state index is 14.1. The molecule has 20 heavy (non-hydrogen) atoms. The number of morpholine rings is 1. The fourth-order valence-electron chi connectivity index (χ4n) is 2.53. The van der Waals surface area contributed by atoms with E-state index in [2.05, 4.69) is 0 Å². The summed E-state index contributed by atoms with van der Waals surface area (Å²) >= 11 is 0. The van der Waals surface area contributed by atoms with Crippen molar-refractivity contribution >= 4 is 5.91 Å². The van der Waals surface area contributed by atoms with Crippen LogP contribution in [0.2, 0.25) is 0 Å². The first kappa shape index (κ1) is 14.9. The number of benzene rings is 1. The molecule has 0 aromatic heterocycles. The predicted octanol–water partition coefficient (Wildman–Crippen LogP) is 1.75. The second-order valence-electron chi connectivity index (χ2n) is 5.80. The summed E-state index contributed by atoms with van der Waals surface area (Å²) in [5.41, 5.74) is -0.0387. The summed E-state index contributed by atoms with van der Waals surface area (Å²) in [6.45, 7) is 5.81. The van der Waals surface area contributed by atoms with Crippen LogP contribution in [0.5, 0.6) is 0 Å². The molecule has 1 atom stereocenters. The lowest BCUT2D eigenvalue weighted by molar-refractivity contribution is -0.139. The van der Waals surface area contributed by atoms with E-state index in [9.17, 15) is 14.3 Å². The number of nitrogens with zero attached hydrogens (tertiary/aromatic N) is 1. The van der Waals surface area contributed by atoms with E-state index in [-0.39, 0.29) is 24.6 Å². The van der Waals surface area contributed by atoms with Crippen LogP contribution < -0.4 is 0 Å². The third-order valence-corrected chi connectivity index (χ3v) is 3.39. The highest BCUT2D eigenvalue weighted by Gasteiger charge is 2.36. The number of rotatable bonds is 2. The van der Waals surface area contributed by atoms with Gasteiger partial charge in [0.1, 0.15) is 5.82 Å². The van der Waals surface area contributed by atoms with Gasteiger partial charge in [-0.3, -0.25) is 4.79 Å². The molecule has 0 bridgehead atoms. The van der Waals surface area contributed by atoms with E-state index in [1.54, 1.807) is 24.0 Å². The molecule has 1 fully saturated rings. The number of amides is 1. The molecule has 0 spiro atoms. The summed E-state index contributed by atoms with van der Waals surface area (Å²) in [7, 11) is 0. The summed E-state index contributed by atoms with van der Waals surface area (Å²) in [5.74, 6) is -0.844. The molecule has 4 nitrogen and oxygen atoms in total. The van der Waals surface area contributed by atoms with E-state index in [4.69, 9.17) is 4.74 Å². The number of ether oxygens (including phenoxy) is 1. The Kier molecular flexibility index (Phi) is 4.11. The van der Waals surface area contributed by atoms with Gasteiger partial charge < -0.3 is 14.7 Å². The van der Waals surface area contributed by atoms with Crippen molar-refractivity contribution in [1.29, 1.82) is 0 Å². The number of halogens is 1. The number of hydrogen-bond acceptors (Lipinski definition) is 3. The summed E-state index contributed by atoms with van der Waals surface area (Å²) in [6.07, 6.45) is -0.435. The molecule has 1 amide bonds. The van der Waals surface area contributed by atoms with Crippen LogP contribution in [0.25, 0.3) is 0 Å². The summed E-state index contributed by atoms with van der Waals surface area (Å²) in [4.78, 5) is 14.0. The number of aliphatic hydroxyl groups is 1. The van der Waals surface area contributed by atoms with Crippen LogP contribution in [-0.4, -0.2) is 47.3 Å². The fourth-order valence-corrected chi connectivity index (χ4v) is 2.53. The van der Waals surface area contributed by atoms with Crippen LogP contribution >= 0.6 is 0 Å². The molecule has 1 unspecified atom stereocenters. The molecule has 2 rings (SSSR count). The molecule has 1 aromatic carbocycles. The molecule has 1 saturated heterocycles. The van der Waals surface area contributed by atoms with Crippen LogP contribution in [0, 0.1) is 12.7 Å². The number of carbonyl (C=O) groups is 1. The Morgan fingerprint density at radius 2 is 2.25 bits per heavy atom. The van der Waals surface area contributed by atoms with Gasteiger partial charge >= 0.3 is 0 Å². The molecule has 0 aliphatic carbocycles. The highest BCUT2D eigenvalue weighted by molar-refractivity contribution is 5.94. The largest absolute Gasteiger partial charge is 0.394 e. The van der Waals surface area contributed by atoms with Crippen molar-refractivity contribution in [3.05, 3.63) is 35.1 Å². The summed E-state index contributed by atoms with van der Waals surface area (Å²) in [5, 5.41) is 9.26. The van der Waals surface area contributed by atoms with Gasteiger partial charge in [0, 0.05) is 13.1 Å². The van der Waals surface area contributed by atoms with Crippen molar-refractivity contribution in [2.24, 2.45) is 0 Å². The average Bonchev–Trinajstić information content (AvgIpc) is 2.39. The van der Waals surface area contributed by atoms with E-state index >= 15 is 0 Å². The smallest absolute Gasteiger partial charge is 0.257 e. The maximum Gasteiger partial charge on any atom is 0.257 e. The third-order valence-electron chi connectivity index (χ3n) is 3.39. The molecular formula is C15H20FNO3. The number of carbonyl (C=O) groups excluding carboxylic acids is 1. The molecule has 1 aromatic rings. The first-order valence-electron chi connectivity index (χ1n) is 6.67. The van der Waals surface area contributed by atoms with Gasteiger partial charge in [0.2, 0.25) is 0 Å². The van der Waals surface area contributed by atoms with Crippen LogP contribution in [0.3, 0.4) is 0 Å². The Balaban J connectivity index is 2.26. The first-order valence-corrected chi connectivity index (χ1v) is 6.67. The van der Waals surface area contributed by atoms with Crippen molar-refractivity contribution in [3.8, 4) is 0 Å². The molecule has 1 heterocycles. The van der Waals surface area contributed by atoms with E-state index < -0.39 is 17.5 Å². The van der Waals surface area contributed by atoms with Crippen molar-refractivity contribution in [2.45, 2.75) is 32.5 Å². The molecule has 0 radical (unpaired) electrons. The fraction of sp³-hybridized carbons (Fsp3) is 0.533. The molecular weight excluding hydrogens is 261 g/mol. The molecule has 1 aliphatic heterocycles. The Morgan fingerprint density at radius 1 is 1.55 bits per heavy atom. The zero-order valence-electron chi connectivity index (χ0n) is 12.0. The lowest BCUT2D eigenvalue weighted by atomic mass is 10.0. The highest BCUT2D eigenvalue weighted by Crippen LogP contribution is 2.23. The second kappa shape index (κ2) is 5.50. The Labute approximate surface area is 118 Å². The monoisotopic (exact) mass is 281 g/mol. The number of hydrogen-bond donors (Lipinski definition) is 1. The lowest BCUT2D eigenvalue weighted by Crippen LogP contribution is -2.55. The topological polar surface area (TPSA) is 49.8 Å². The highest BCUT2D eigenvalue weighted by atomic mass is 19.1. The third kappa shape index (κ3) is 2.99. The second-order valence-corrected chi connectivity index (χ2v) is 5.80. The minimum Gasteiger partial charge on any atom is -0.394 e. The van der Waals surface area contributed by atoms with E-state index in [1.165, 1.54) is 6.07 Å². The van der Waals surface area contributed by atoms with Gasteiger partial charge in [-0.15, -0.1) is 0 Å². The van der Waals surface area contributed by atoms with Gasteiger partial charge in [-0.2, -0.15) is 0 Å². The van der Waals surface area contributed by atoms with Crippen molar-refractivity contribution < 1.29 is 19.0 Å².